The van der Waals surface area contributed by atoms with Gasteiger partial charge in [-0.15, -0.1) is 0 Å². The Bertz CT molecular complexity index is 934. The predicted molar refractivity (Wildman–Crippen MR) is 99.3 cm³/mol. The van der Waals surface area contributed by atoms with Gasteiger partial charge in [0.25, 0.3) is 5.91 Å². The van der Waals surface area contributed by atoms with Crippen LogP contribution >= 0.6 is 0 Å². The van der Waals surface area contributed by atoms with Crippen LogP contribution < -0.4 is 10.7 Å². The van der Waals surface area contributed by atoms with Crippen LogP contribution in [0.25, 0.3) is 11.0 Å². The number of amides is 1. The molecule has 2 aliphatic rings. The van der Waals surface area contributed by atoms with Crippen molar-refractivity contribution >= 4 is 22.8 Å². The van der Waals surface area contributed by atoms with Gasteiger partial charge < -0.3 is 14.5 Å². The number of fused-ring (bicyclic) bond motifs is 3. The number of nitrogens with one attached hydrogen (secondary N) is 1. The molecule has 1 heterocycles. The van der Waals surface area contributed by atoms with Crippen molar-refractivity contribution in [1.82, 2.24) is 5.32 Å². The monoisotopic (exact) mass is 369 g/mol. The molecule has 0 saturated heterocycles. The van der Waals surface area contributed by atoms with Crippen LogP contribution in [0.3, 0.4) is 0 Å². The lowest BCUT2D eigenvalue weighted by Gasteiger charge is -2.28. The molecule has 4 rings (SSSR count). The van der Waals surface area contributed by atoms with Gasteiger partial charge in [0.15, 0.2) is 12.0 Å². The van der Waals surface area contributed by atoms with Crippen molar-refractivity contribution in [2.75, 3.05) is 6.61 Å². The molecule has 2 bridgehead atoms. The Morgan fingerprint density at radius 3 is 2.81 bits per heavy atom. The zero-order valence-electron chi connectivity index (χ0n) is 15.3. The van der Waals surface area contributed by atoms with Gasteiger partial charge in [-0.3, -0.25) is 9.59 Å². The van der Waals surface area contributed by atoms with Crippen molar-refractivity contribution in [3.63, 3.8) is 0 Å². The SMILES string of the molecule is C[C@@H](NC(=O)COC(=O)c1cc(=O)c2ccccc2o1)[C@@H]1C[C@H]2CC[C@H]1C2. The summed E-state index contributed by atoms with van der Waals surface area (Å²) in [6.07, 6.45) is 5.02. The van der Waals surface area contributed by atoms with Crippen LogP contribution in [0.15, 0.2) is 39.5 Å². The molecule has 2 saturated carbocycles. The molecular formula is C21H23NO5. The van der Waals surface area contributed by atoms with E-state index in [9.17, 15) is 14.4 Å². The van der Waals surface area contributed by atoms with E-state index in [-0.39, 0.29) is 29.7 Å². The van der Waals surface area contributed by atoms with E-state index in [1.807, 2.05) is 6.92 Å². The quantitative estimate of drug-likeness (QED) is 0.819. The largest absolute Gasteiger partial charge is 0.450 e. The molecule has 0 aliphatic heterocycles. The van der Waals surface area contributed by atoms with Gasteiger partial charge >= 0.3 is 5.97 Å². The van der Waals surface area contributed by atoms with Gasteiger partial charge in [0, 0.05) is 12.1 Å². The minimum Gasteiger partial charge on any atom is -0.450 e. The molecule has 6 nitrogen and oxygen atoms in total. The number of para-hydroxylation sites is 1. The zero-order valence-corrected chi connectivity index (χ0v) is 15.3. The third-order valence-corrected chi connectivity index (χ3v) is 5.99. The van der Waals surface area contributed by atoms with Gasteiger partial charge in [-0.25, -0.2) is 4.79 Å². The smallest absolute Gasteiger partial charge is 0.374 e. The summed E-state index contributed by atoms with van der Waals surface area (Å²) in [5.41, 5.74) is -0.00975. The molecule has 4 atom stereocenters. The number of carbonyl (C=O) groups excluding carboxylic acids is 2. The highest BCUT2D eigenvalue weighted by molar-refractivity contribution is 5.90. The third kappa shape index (κ3) is 3.61. The molecule has 1 N–H and O–H groups in total. The minimum atomic E-state index is -0.819. The molecule has 6 heteroatoms. The van der Waals surface area contributed by atoms with Gasteiger partial charge in [0.2, 0.25) is 5.76 Å². The number of ether oxygens (including phenoxy) is 1. The summed E-state index contributed by atoms with van der Waals surface area (Å²) in [5, 5.41) is 3.34. The second-order valence-corrected chi connectivity index (χ2v) is 7.74. The second kappa shape index (κ2) is 7.18. The first-order valence-electron chi connectivity index (χ1n) is 9.50. The van der Waals surface area contributed by atoms with Crippen LogP contribution in [0.2, 0.25) is 0 Å². The van der Waals surface area contributed by atoms with Crippen LogP contribution in [0.4, 0.5) is 0 Å². The molecule has 27 heavy (non-hydrogen) atoms. The summed E-state index contributed by atoms with van der Waals surface area (Å²) < 4.78 is 10.5. The number of hydrogen-bond acceptors (Lipinski definition) is 5. The maximum absolute atomic E-state index is 12.2. The van der Waals surface area contributed by atoms with Crippen LogP contribution in [0.5, 0.6) is 0 Å². The van der Waals surface area contributed by atoms with E-state index in [4.69, 9.17) is 9.15 Å². The number of hydrogen-bond donors (Lipinski definition) is 1. The standard InChI is InChI=1S/C21H23NO5/c1-12(16-9-13-6-7-14(16)8-13)22-20(24)11-26-21(25)19-10-17(23)15-4-2-3-5-18(15)27-19/h2-5,10,12-14,16H,6-9,11H2,1H3,(H,22,24)/t12-,13+,14+,16+/m1/s1. The summed E-state index contributed by atoms with van der Waals surface area (Å²) >= 11 is 0. The average molecular weight is 369 g/mol. The molecular weight excluding hydrogens is 346 g/mol. The van der Waals surface area contributed by atoms with E-state index in [1.165, 1.54) is 25.7 Å². The van der Waals surface area contributed by atoms with Crippen LogP contribution in [0, 0.1) is 17.8 Å². The number of benzene rings is 1. The summed E-state index contributed by atoms with van der Waals surface area (Å²) in [6.45, 7) is 1.63. The van der Waals surface area contributed by atoms with E-state index in [2.05, 4.69) is 5.32 Å². The molecule has 1 aromatic carbocycles. The number of esters is 1. The summed E-state index contributed by atoms with van der Waals surface area (Å²) in [4.78, 5) is 36.4. The summed E-state index contributed by atoms with van der Waals surface area (Å²) in [7, 11) is 0. The lowest BCUT2D eigenvalue weighted by Crippen LogP contribution is -2.42. The molecule has 2 aliphatic carbocycles. The van der Waals surface area contributed by atoms with Crippen molar-refractivity contribution in [3.8, 4) is 0 Å². The summed E-state index contributed by atoms with van der Waals surface area (Å²) in [6, 6.07) is 7.84. The Morgan fingerprint density at radius 1 is 1.26 bits per heavy atom. The Balaban J connectivity index is 1.33. The van der Waals surface area contributed by atoms with E-state index < -0.39 is 5.97 Å². The van der Waals surface area contributed by atoms with Gasteiger partial charge in [0.05, 0.1) is 5.39 Å². The summed E-state index contributed by atoms with van der Waals surface area (Å²) in [5.74, 6) is 0.685. The normalized spacial score (nSPS) is 24.7. The highest BCUT2D eigenvalue weighted by atomic mass is 16.5. The Hall–Kier alpha value is -2.63. The van der Waals surface area contributed by atoms with Crippen molar-refractivity contribution in [3.05, 3.63) is 46.3 Å². The molecule has 2 aromatic rings. The van der Waals surface area contributed by atoms with Crippen LogP contribution in [-0.4, -0.2) is 24.5 Å². The predicted octanol–water partition coefficient (Wildman–Crippen LogP) is 2.89. The van der Waals surface area contributed by atoms with Gasteiger partial charge in [0.1, 0.15) is 5.58 Å². The molecule has 2 fully saturated rings. The Labute approximate surface area is 156 Å². The van der Waals surface area contributed by atoms with Crippen molar-refractivity contribution in [1.29, 1.82) is 0 Å². The van der Waals surface area contributed by atoms with E-state index in [1.54, 1.807) is 24.3 Å². The van der Waals surface area contributed by atoms with E-state index in [0.29, 0.717) is 22.8 Å². The maximum Gasteiger partial charge on any atom is 0.374 e. The van der Waals surface area contributed by atoms with Crippen molar-refractivity contribution in [2.24, 2.45) is 17.8 Å². The van der Waals surface area contributed by atoms with Gasteiger partial charge in [-0.1, -0.05) is 18.6 Å². The average Bonchev–Trinajstić information content (AvgIpc) is 3.29. The van der Waals surface area contributed by atoms with Crippen LogP contribution in [-0.2, 0) is 9.53 Å². The topological polar surface area (TPSA) is 85.6 Å². The third-order valence-electron chi connectivity index (χ3n) is 5.99. The highest BCUT2D eigenvalue weighted by Crippen LogP contribution is 2.49. The second-order valence-electron chi connectivity index (χ2n) is 7.74. The molecule has 0 unspecified atom stereocenters. The first-order valence-corrected chi connectivity index (χ1v) is 9.50. The maximum atomic E-state index is 12.2. The van der Waals surface area contributed by atoms with Crippen molar-refractivity contribution in [2.45, 2.75) is 38.6 Å². The fraction of sp³-hybridized carbons (Fsp3) is 0.476. The minimum absolute atomic E-state index is 0.0742. The zero-order chi connectivity index (χ0) is 19.0. The number of rotatable bonds is 5. The van der Waals surface area contributed by atoms with Crippen molar-refractivity contribution < 1.29 is 18.7 Å². The molecule has 142 valence electrons. The first-order chi connectivity index (χ1) is 13.0. The molecule has 0 spiro atoms. The van der Waals surface area contributed by atoms with Gasteiger partial charge in [-0.2, -0.15) is 0 Å². The fourth-order valence-corrected chi connectivity index (χ4v) is 4.72. The Morgan fingerprint density at radius 2 is 2.07 bits per heavy atom. The van der Waals surface area contributed by atoms with E-state index >= 15 is 0 Å². The molecule has 1 amide bonds. The lowest BCUT2D eigenvalue weighted by molar-refractivity contribution is -0.125. The van der Waals surface area contributed by atoms with Gasteiger partial charge in [-0.05, 0) is 56.1 Å². The lowest BCUT2D eigenvalue weighted by atomic mass is 9.84. The highest BCUT2D eigenvalue weighted by Gasteiger charge is 2.42. The van der Waals surface area contributed by atoms with E-state index in [0.717, 1.165) is 12.0 Å². The van der Waals surface area contributed by atoms with Crippen LogP contribution in [0.1, 0.15) is 43.2 Å². The Kier molecular flexibility index (Phi) is 4.72. The molecule has 0 radical (unpaired) electrons. The number of carbonyl (C=O) groups is 2. The fourth-order valence-electron chi connectivity index (χ4n) is 4.72. The molecule has 1 aromatic heterocycles. The first kappa shape index (κ1) is 17.8.